The lowest BCUT2D eigenvalue weighted by Gasteiger charge is -2.02. The first kappa shape index (κ1) is 16.2. The number of hydrogen-bond donors (Lipinski definition) is 0. The van der Waals surface area contributed by atoms with Crippen molar-refractivity contribution >= 4 is 17.5 Å². The Kier molecular flexibility index (Phi) is 5.41. The van der Waals surface area contributed by atoms with Crippen LogP contribution in [0, 0.1) is 10.1 Å². The molecule has 2 rings (SSSR count). The van der Waals surface area contributed by atoms with E-state index in [4.69, 9.17) is 4.74 Å². The standard InChI is InChI=1S/C18H15NO4/c1-23-18-12-11-15(13-16(18)19(21)22)17(20)10-6-5-9-14-7-3-2-4-8-14/h2-13H,1H3/b9-5+,10-6+. The Labute approximate surface area is 133 Å². The van der Waals surface area contributed by atoms with Gasteiger partial charge in [-0.15, -0.1) is 0 Å². The van der Waals surface area contributed by atoms with Crippen LogP contribution < -0.4 is 4.74 Å². The molecule has 0 aliphatic heterocycles. The maximum absolute atomic E-state index is 12.0. The molecule has 2 aromatic carbocycles. The van der Waals surface area contributed by atoms with Crippen molar-refractivity contribution in [2.45, 2.75) is 0 Å². The number of nitro groups is 1. The highest BCUT2D eigenvalue weighted by Crippen LogP contribution is 2.27. The van der Waals surface area contributed by atoms with Crippen LogP contribution in [0.15, 0.2) is 66.8 Å². The molecule has 2 aromatic rings. The lowest BCUT2D eigenvalue weighted by molar-refractivity contribution is -0.385. The number of hydrogen-bond acceptors (Lipinski definition) is 4. The first-order chi connectivity index (χ1) is 11.1. The van der Waals surface area contributed by atoms with Crippen molar-refractivity contribution in [2.24, 2.45) is 0 Å². The molecule has 0 aliphatic carbocycles. The first-order valence-electron chi connectivity index (χ1n) is 6.88. The molecule has 0 fully saturated rings. The summed E-state index contributed by atoms with van der Waals surface area (Å²) in [6.45, 7) is 0. The maximum Gasteiger partial charge on any atom is 0.311 e. The Morgan fingerprint density at radius 2 is 1.87 bits per heavy atom. The lowest BCUT2D eigenvalue weighted by Crippen LogP contribution is -1.99. The quantitative estimate of drug-likeness (QED) is 0.265. The molecular weight excluding hydrogens is 294 g/mol. The summed E-state index contributed by atoms with van der Waals surface area (Å²) in [6.07, 6.45) is 6.57. The third-order valence-electron chi connectivity index (χ3n) is 3.11. The van der Waals surface area contributed by atoms with Gasteiger partial charge in [0.1, 0.15) is 0 Å². The average Bonchev–Trinajstić information content (AvgIpc) is 2.58. The van der Waals surface area contributed by atoms with Crippen LogP contribution in [0.4, 0.5) is 5.69 Å². The highest BCUT2D eigenvalue weighted by molar-refractivity contribution is 6.05. The van der Waals surface area contributed by atoms with Gasteiger partial charge < -0.3 is 4.74 Å². The zero-order valence-electron chi connectivity index (χ0n) is 12.5. The van der Waals surface area contributed by atoms with E-state index in [0.29, 0.717) is 0 Å². The average molecular weight is 309 g/mol. The Balaban J connectivity index is 2.11. The molecule has 116 valence electrons. The summed E-state index contributed by atoms with van der Waals surface area (Å²) < 4.78 is 4.91. The van der Waals surface area contributed by atoms with Gasteiger partial charge in [-0.05, 0) is 23.8 Å². The summed E-state index contributed by atoms with van der Waals surface area (Å²) in [7, 11) is 1.35. The van der Waals surface area contributed by atoms with Crippen LogP contribution in [0.3, 0.4) is 0 Å². The van der Waals surface area contributed by atoms with Gasteiger partial charge in [0.15, 0.2) is 11.5 Å². The fraction of sp³-hybridized carbons (Fsp3) is 0.0556. The van der Waals surface area contributed by atoms with E-state index in [1.54, 1.807) is 12.2 Å². The minimum absolute atomic E-state index is 0.125. The molecule has 0 spiro atoms. The third kappa shape index (κ3) is 4.38. The van der Waals surface area contributed by atoms with Gasteiger partial charge in [0.05, 0.1) is 12.0 Å². The Bertz CT molecular complexity index is 764. The molecule has 5 heteroatoms. The number of carbonyl (C=O) groups is 1. The predicted octanol–water partition coefficient (Wildman–Crippen LogP) is 4.06. The van der Waals surface area contributed by atoms with Crippen molar-refractivity contribution < 1.29 is 14.5 Å². The summed E-state index contributed by atoms with van der Waals surface area (Å²) in [6, 6.07) is 13.8. The molecule has 0 aliphatic rings. The minimum Gasteiger partial charge on any atom is -0.490 e. The van der Waals surface area contributed by atoms with Crippen LogP contribution in [-0.4, -0.2) is 17.8 Å². The maximum atomic E-state index is 12.0. The smallest absolute Gasteiger partial charge is 0.311 e. The second-order valence-corrected chi connectivity index (χ2v) is 4.64. The van der Waals surface area contributed by atoms with Gasteiger partial charge in [0, 0.05) is 11.6 Å². The molecule has 0 atom stereocenters. The van der Waals surface area contributed by atoms with Crippen molar-refractivity contribution in [1.82, 2.24) is 0 Å². The van der Waals surface area contributed by atoms with Crippen LogP contribution >= 0.6 is 0 Å². The van der Waals surface area contributed by atoms with Gasteiger partial charge in [-0.3, -0.25) is 14.9 Å². The zero-order chi connectivity index (χ0) is 16.7. The topological polar surface area (TPSA) is 69.4 Å². The number of carbonyl (C=O) groups excluding carboxylic acids is 1. The molecule has 0 heterocycles. The first-order valence-corrected chi connectivity index (χ1v) is 6.88. The number of nitrogens with zero attached hydrogens (tertiary/aromatic N) is 1. The van der Waals surface area contributed by atoms with E-state index in [-0.39, 0.29) is 22.8 Å². The van der Waals surface area contributed by atoms with Crippen molar-refractivity contribution in [1.29, 1.82) is 0 Å². The Hall–Kier alpha value is -3.21. The van der Waals surface area contributed by atoms with Gasteiger partial charge >= 0.3 is 5.69 Å². The van der Waals surface area contributed by atoms with Gasteiger partial charge in [0.2, 0.25) is 0 Å². The third-order valence-corrected chi connectivity index (χ3v) is 3.11. The molecule has 23 heavy (non-hydrogen) atoms. The predicted molar refractivity (Wildman–Crippen MR) is 88.6 cm³/mol. The van der Waals surface area contributed by atoms with E-state index in [2.05, 4.69) is 0 Å². The molecule has 0 bridgehead atoms. The Morgan fingerprint density at radius 1 is 1.13 bits per heavy atom. The van der Waals surface area contributed by atoms with Crippen molar-refractivity contribution in [3.05, 3.63) is 88.0 Å². The highest BCUT2D eigenvalue weighted by atomic mass is 16.6. The van der Waals surface area contributed by atoms with E-state index in [1.165, 1.54) is 31.4 Å². The van der Waals surface area contributed by atoms with Crippen LogP contribution in [0.2, 0.25) is 0 Å². The molecule has 0 amide bonds. The summed E-state index contributed by atoms with van der Waals surface area (Å²) in [5, 5.41) is 11.0. The van der Waals surface area contributed by atoms with E-state index >= 15 is 0 Å². The monoisotopic (exact) mass is 309 g/mol. The molecule has 0 radical (unpaired) electrons. The fourth-order valence-electron chi connectivity index (χ4n) is 1.96. The zero-order valence-corrected chi connectivity index (χ0v) is 12.5. The summed E-state index contributed by atoms with van der Waals surface area (Å²) in [4.78, 5) is 22.4. The van der Waals surface area contributed by atoms with Crippen LogP contribution in [0.5, 0.6) is 5.75 Å². The van der Waals surface area contributed by atoms with Gasteiger partial charge in [-0.2, -0.15) is 0 Å². The second-order valence-electron chi connectivity index (χ2n) is 4.64. The molecule has 5 nitrogen and oxygen atoms in total. The van der Waals surface area contributed by atoms with Crippen LogP contribution in [0.1, 0.15) is 15.9 Å². The number of benzene rings is 2. The largest absolute Gasteiger partial charge is 0.490 e. The van der Waals surface area contributed by atoms with E-state index in [1.807, 2.05) is 36.4 Å². The number of nitro benzene ring substituents is 1. The van der Waals surface area contributed by atoms with Crippen molar-refractivity contribution in [2.75, 3.05) is 7.11 Å². The molecule has 0 aromatic heterocycles. The number of allylic oxidation sites excluding steroid dienone is 3. The van der Waals surface area contributed by atoms with E-state index < -0.39 is 4.92 Å². The fourth-order valence-corrected chi connectivity index (χ4v) is 1.96. The number of rotatable bonds is 6. The number of methoxy groups -OCH3 is 1. The van der Waals surface area contributed by atoms with Gasteiger partial charge in [-0.25, -0.2) is 0 Å². The molecule has 0 saturated heterocycles. The second kappa shape index (κ2) is 7.70. The van der Waals surface area contributed by atoms with Crippen LogP contribution in [0.25, 0.3) is 6.08 Å². The molecule has 0 saturated carbocycles. The summed E-state index contributed by atoms with van der Waals surface area (Å²) in [5.41, 5.74) is 1.03. The SMILES string of the molecule is COc1ccc(C(=O)/C=C/C=C/c2ccccc2)cc1[N+](=O)[O-]. The van der Waals surface area contributed by atoms with Gasteiger partial charge in [0.25, 0.3) is 0 Å². The van der Waals surface area contributed by atoms with E-state index in [0.717, 1.165) is 5.56 Å². The normalized spacial score (nSPS) is 11.0. The minimum atomic E-state index is -0.575. The molecule has 0 N–H and O–H groups in total. The summed E-state index contributed by atoms with van der Waals surface area (Å²) >= 11 is 0. The van der Waals surface area contributed by atoms with Crippen LogP contribution in [-0.2, 0) is 0 Å². The van der Waals surface area contributed by atoms with Gasteiger partial charge in [-0.1, -0.05) is 48.6 Å². The molecule has 0 unspecified atom stereocenters. The number of ether oxygens (including phenoxy) is 1. The number of ketones is 1. The van der Waals surface area contributed by atoms with E-state index in [9.17, 15) is 14.9 Å². The Morgan fingerprint density at radius 3 is 2.52 bits per heavy atom. The lowest BCUT2D eigenvalue weighted by atomic mass is 10.1. The summed E-state index contributed by atoms with van der Waals surface area (Å²) in [5.74, 6) is -0.187. The van der Waals surface area contributed by atoms with Crippen molar-refractivity contribution in [3.8, 4) is 5.75 Å². The highest BCUT2D eigenvalue weighted by Gasteiger charge is 2.16. The van der Waals surface area contributed by atoms with Crippen molar-refractivity contribution in [3.63, 3.8) is 0 Å². The molecular formula is C18H15NO4.